The molecule has 2 rings (SSSR count). The second-order valence-electron chi connectivity index (χ2n) is 5.84. The fourth-order valence-corrected chi connectivity index (χ4v) is 3.86. The number of benzene rings is 1. The summed E-state index contributed by atoms with van der Waals surface area (Å²) in [4.78, 5) is 1.32. The Morgan fingerprint density at radius 1 is 1.21 bits per heavy atom. The van der Waals surface area contributed by atoms with Crippen molar-refractivity contribution in [3.05, 3.63) is 56.2 Å². The zero-order valence-corrected chi connectivity index (χ0v) is 14.0. The van der Waals surface area contributed by atoms with E-state index in [0.717, 1.165) is 6.42 Å². The van der Waals surface area contributed by atoms with Crippen molar-refractivity contribution in [2.75, 3.05) is 0 Å². The molecule has 19 heavy (non-hydrogen) atoms. The molecule has 0 aliphatic rings. The van der Waals surface area contributed by atoms with E-state index in [1.165, 1.54) is 20.5 Å². The van der Waals surface area contributed by atoms with Gasteiger partial charge in [-0.3, -0.25) is 0 Å². The predicted molar refractivity (Wildman–Crippen MR) is 87.8 cm³/mol. The summed E-state index contributed by atoms with van der Waals surface area (Å²) in [7, 11) is 0. The molecule has 0 radical (unpaired) electrons. The van der Waals surface area contributed by atoms with Crippen LogP contribution in [0.25, 0.3) is 0 Å². The fourth-order valence-electron chi connectivity index (χ4n) is 2.28. The summed E-state index contributed by atoms with van der Waals surface area (Å²) in [6.45, 7) is 6.71. The van der Waals surface area contributed by atoms with Crippen LogP contribution in [0.5, 0.6) is 0 Å². The van der Waals surface area contributed by atoms with Crippen LogP contribution in [-0.4, -0.2) is 0 Å². The van der Waals surface area contributed by atoms with E-state index in [1.807, 2.05) is 0 Å². The van der Waals surface area contributed by atoms with Gasteiger partial charge >= 0.3 is 0 Å². The maximum absolute atomic E-state index is 6.44. The standard InChI is InChI=1S/C16H20BrNS/c1-16(2,3)12-7-5-4-6-11(12)14(18)10-15-13(17)8-9-19-15/h4-9,14H,10,18H2,1-3H3. The van der Waals surface area contributed by atoms with Gasteiger partial charge in [0.2, 0.25) is 0 Å². The van der Waals surface area contributed by atoms with Crippen molar-refractivity contribution in [1.29, 1.82) is 0 Å². The molecule has 2 N–H and O–H groups in total. The normalized spacial score (nSPS) is 13.5. The minimum absolute atomic E-state index is 0.0466. The summed E-state index contributed by atoms with van der Waals surface area (Å²) < 4.78 is 1.17. The molecule has 0 fully saturated rings. The van der Waals surface area contributed by atoms with Gasteiger partial charge in [-0.15, -0.1) is 11.3 Å². The third kappa shape index (κ3) is 3.47. The van der Waals surface area contributed by atoms with Crippen LogP contribution in [0, 0.1) is 0 Å². The molecule has 1 aromatic heterocycles. The molecule has 102 valence electrons. The lowest BCUT2D eigenvalue weighted by molar-refractivity contribution is 0.569. The summed E-state index contributed by atoms with van der Waals surface area (Å²) in [5.41, 5.74) is 9.17. The van der Waals surface area contributed by atoms with Crippen LogP contribution in [-0.2, 0) is 11.8 Å². The van der Waals surface area contributed by atoms with Gasteiger partial charge in [-0.05, 0) is 43.9 Å². The van der Waals surface area contributed by atoms with Crippen molar-refractivity contribution in [2.24, 2.45) is 5.73 Å². The molecule has 0 saturated carbocycles. The first kappa shape index (κ1) is 14.8. The quantitative estimate of drug-likeness (QED) is 0.833. The van der Waals surface area contributed by atoms with Gasteiger partial charge in [0.1, 0.15) is 0 Å². The number of halogens is 1. The lowest BCUT2D eigenvalue weighted by Crippen LogP contribution is -2.21. The van der Waals surface area contributed by atoms with Crippen molar-refractivity contribution < 1.29 is 0 Å². The Morgan fingerprint density at radius 2 is 1.89 bits per heavy atom. The molecule has 0 bridgehead atoms. The van der Waals surface area contributed by atoms with Crippen molar-refractivity contribution in [3.8, 4) is 0 Å². The Balaban J connectivity index is 2.29. The van der Waals surface area contributed by atoms with E-state index in [9.17, 15) is 0 Å². The van der Waals surface area contributed by atoms with Gasteiger partial charge in [0, 0.05) is 21.8 Å². The lowest BCUT2D eigenvalue weighted by atomic mass is 9.81. The minimum Gasteiger partial charge on any atom is -0.324 e. The van der Waals surface area contributed by atoms with Crippen molar-refractivity contribution in [3.63, 3.8) is 0 Å². The maximum atomic E-state index is 6.44. The average molecular weight is 338 g/mol. The second-order valence-corrected chi connectivity index (χ2v) is 7.69. The van der Waals surface area contributed by atoms with E-state index >= 15 is 0 Å². The number of thiophene rings is 1. The number of hydrogen-bond acceptors (Lipinski definition) is 2. The summed E-state index contributed by atoms with van der Waals surface area (Å²) in [5.74, 6) is 0. The predicted octanol–water partition coefficient (Wildman–Crippen LogP) is 5.05. The zero-order valence-electron chi connectivity index (χ0n) is 11.6. The third-order valence-corrected chi connectivity index (χ3v) is 5.21. The molecule has 1 unspecified atom stereocenters. The highest BCUT2D eigenvalue weighted by atomic mass is 79.9. The zero-order chi connectivity index (χ0) is 14.0. The Labute approximate surface area is 128 Å². The number of rotatable bonds is 3. The first-order valence-corrected chi connectivity index (χ1v) is 8.13. The topological polar surface area (TPSA) is 26.0 Å². The second kappa shape index (κ2) is 5.78. The molecular formula is C16H20BrNS. The summed E-state index contributed by atoms with van der Waals surface area (Å²) in [6, 6.07) is 10.7. The van der Waals surface area contributed by atoms with Gasteiger partial charge in [0.15, 0.2) is 0 Å². The van der Waals surface area contributed by atoms with E-state index in [-0.39, 0.29) is 11.5 Å². The van der Waals surface area contributed by atoms with Crippen molar-refractivity contribution in [2.45, 2.75) is 38.6 Å². The van der Waals surface area contributed by atoms with Crippen LogP contribution in [0.4, 0.5) is 0 Å². The summed E-state index contributed by atoms with van der Waals surface area (Å²) in [5, 5.41) is 2.10. The molecule has 0 aliphatic carbocycles. The van der Waals surface area contributed by atoms with Gasteiger partial charge < -0.3 is 5.73 Å². The first-order valence-electron chi connectivity index (χ1n) is 6.46. The average Bonchev–Trinajstić information content (AvgIpc) is 2.74. The van der Waals surface area contributed by atoms with Gasteiger partial charge in [0.05, 0.1) is 0 Å². The van der Waals surface area contributed by atoms with Crippen molar-refractivity contribution >= 4 is 27.3 Å². The van der Waals surface area contributed by atoms with Gasteiger partial charge in [-0.1, -0.05) is 45.0 Å². The van der Waals surface area contributed by atoms with E-state index < -0.39 is 0 Å². The Kier molecular flexibility index (Phi) is 4.49. The largest absolute Gasteiger partial charge is 0.324 e. The molecule has 0 amide bonds. The maximum Gasteiger partial charge on any atom is 0.0347 e. The molecule has 0 saturated heterocycles. The van der Waals surface area contributed by atoms with E-state index in [2.05, 4.69) is 72.4 Å². The fraction of sp³-hybridized carbons (Fsp3) is 0.375. The van der Waals surface area contributed by atoms with Gasteiger partial charge in [-0.25, -0.2) is 0 Å². The Hall–Kier alpha value is -0.640. The van der Waals surface area contributed by atoms with Crippen LogP contribution >= 0.6 is 27.3 Å². The van der Waals surface area contributed by atoms with Crippen LogP contribution in [0.15, 0.2) is 40.2 Å². The van der Waals surface area contributed by atoms with E-state index in [0.29, 0.717) is 0 Å². The molecule has 1 atom stereocenters. The summed E-state index contributed by atoms with van der Waals surface area (Å²) >= 11 is 5.34. The van der Waals surface area contributed by atoms with Crippen LogP contribution in [0.2, 0.25) is 0 Å². The highest BCUT2D eigenvalue weighted by Crippen LogP contribution is 2.32. The molecule has 1 aromatic carbocycles. The highest BCUT2D eigenvalue weighted by Gasteiger charge is 2.21. The molecule has 3 heteroatoms. The minimum atomic E-state index is 0.0466. The lowest BCUT2D eigenvalue weighted by Gasteiger charge is -2.25. The Bertz CT molecular complexity index is 554. The van der Waals surface area contributed by atoms with Crippen LogP contribution in [0.1, 0.15) is 42.8 Å². The van der Waals surface area contributed by atoms with Crippen molar-refractivity contribution in [1.82, 2.24) is 0 Å². The Morgan fingerprint density at radius 3 is 2.47 bits per heavy atom. The van der Waals surface area contributed by atoms with E-state index in [4.69, 9.17) is 5.73 Å². The third-order valence-electron chi connectivity index (χ3n) is 3.26. The summed E-state index contributed by atoms with van der Waals surface area (Å²) in [6.07, 6.45) is 0.880. The first-order chi connectivity index (χ1) is 8.89. The number of hydrogen-bond donors (Lipinski definition) is 1. The van der Waals surface area contributed by atoms with Gasteiger partial charge in [-0.2, -0.15) is 0 Å². The number of nitrogens with two attached hydrogens (primary N) is 1. The monoisotopic (exact) mass is 337 g/mol. The van der Waals surface area contributed by atoms with Crippen LogP contribution in [0.3, 0.4) is 0 Å². The molecule has 0 spiro atoms. The smallest absolute Gasteiger partial charge is 0.0347 e. The molecule has 0 aliphatic heterocycles. The molecular weight excluding hydrogens is 318 g/mol. The molecule has 1 heterocycles. The van der Waals surface area contributed by atoms with E-state index in [1.54, 1.807) is 11.3 Å². The SMILES string of the molecule is CC(C)(C)c1ccccc1C(N)Cc1sccc1Br. The highest BCUT2D eigenvalue weighted by molar-refractivity contribution is 9.10. The molecule has 2 aromatic rings. The van der Waals surface area contributed by atoms with Gasteiger partial charge in [0.25, 0.3) is 0 Å². The molecule has 1 nitrogen and oxygen atoms in total. The van der Waals surface area contributed by atoms with Crippen LogP contribution < -0.4 is 5.73 Å².